The summed E-state index contributed by atoms with van der Waals surface area (Å²) in [4.78, 5) is 12.4. The van der Waals surface area contributed by atoms with Gasteiger partial charge in [-0.2, -0.15) is 11.8 Å². The number of rotatable bonds is 10. The van der Waals surface area contributed by atoms with Crippen molar-refractivity contribution in [2.24, 2.45) is 0 Å². The first-order valence-corrected chi connectivity index (χ1v) is 13.5. The summed E-state index contributed by atoms with van der Waals surface area (Å²) in [6.45, 7) is 2.70. The van der Waals surface area contributed by atoms with Crippen LogP contribution in [0.3, 0.4) is 0 Å². The molecule has 0 aromatic heterocycles. The number of nitrogens with zero attached hydrogens (tertiary/aromatic N) is 1. The van der Waals surface area contributed by atoms with Gasteiger partial charge in [-0.05, 0) is 60.0 Å². The molecule has 0 saturated heterocycles. The highest BCUT2D eigenvalue weighted by Gasteiger charge is 2.18. The normalized spacial score (nSPS) is 11.2. The van der Waals surface area contributed by atoms with Crippen molar-refractivity contribution in [1.82, 2.24) is 5.32 Å². The average molecular weight is 487 g/mol. The molecule has 0 atom stereocenters. The van der Waals surface area contributed by atoms with Crippen molar-refractivity contribution in [2.75, 3.05) is 22.9 Å². The van der Waals surface area contributed by atoms with Gasteiger partial charge in [0.05, 0.1) is 18.5 Å². The number of sulfonamides is 1. The number of hydrogen-bond donors (Lipinski definition) is 1. The van der Waals surface area contributed by atoms with E-state index >= 15 is 0 Å². The van der Waals surface area contributed by atoms with E-state index in [1.807, 2.05) is 12.1 Å². The maximum absolute atomic E-state index is 13.2. The Morgan fingerprint density at radius 2 is 1.67 bits per heavy atom. The highest BCUT2D eigenvalue weighted by atomic mass is 32.2. The number of anilines is 1. The number of halogens is 1. The molecule has 0 aliphatic rings. The zero-order chi connectivity index (χ0) is 23.8. The molecule has 1 amide bonds. The highest BCUT2D eigenvalue weighted by Crippen LogP contribution is 2.22. The highest BCUT2D eigenvalue weighted by molar-refractivity contribution is 7.98. The molecule has 0 fully saturated rings. The molecule has 3 rings (SSSR count). The van der Waals surface area contributed by atoms with E-state index in [2.05, 4.69) is 24.4 Å². The van der Waals surface area contributed by atoms with Gasteiger partial charge in [0.15, 0.2) is 0 Å². The van der Waals surface area contributed by atoms with Crippen LogP contribution in [0.15, 0.2) is 72.8 Å². The van der Waals surface area contributed by atoms with E-state index in [4.69, 9.17) is 0 Å². The lowest BCUT2D eigenvalue weighted by Gasteiger charge is -2.22. The van der Waals surface area contributed by atoms with Crippen molar-refractivity contribution < 1.29 is 17.6 Å². The molecule has 0 saturated carbocycles. The van der Waals surface area contributed by atoms with Gasteiger partial charge in [0.1, 0.15) is 5.82 Å². The molecule has 0 spiro atoms. The van der Waals surface area contributed by atoms with Gasteiger partial charge in [0.2, 0.25) is 10.0 Å². The van der Waals surface area contributed by atoms with Crippen LogP contribution < -0.4 is 9.62 Å². The molecule has 8 heteroatoms. The number of thioether (sulfide) groups is 1. The van der Waals surface area contributed by atoms with Crippen molar-refractivity contribution in [3.05, 3.63) is 101 Å². The van der Waals surface area contributed by atoms with E-state index in [0.29, 0.717) is 23.4 Å². The summed E-state index contributed by atoms with van der Waals surface area (Å²) in [5.41, 5.74) is 4.11. The van der Waals surface area contributed by atoms with Crippen LogP contribution in [0.4, 0.5) is 10.1 Å². The molecule has 33 heavy (non-hydrogen) atoms. The van der Waals surface area contributed by atoms with Gasteiger partial charge in [-0.25, -0.2) is 12.8 Å². The number of hydrogen-bond acceptors (Lipinski definition) is 4. The predicted molar refractivity (Wildman–Crippen MR) is 134 cm³/mol. The zero-order valence-electron chi connectivity index (χ0n) is 18.6. The van der Waals surface area contributed by atoms with Gasteiger partial charge in [0.25, 0.3) is 5.91 Å². The molecule has 0 heterocycles. The molecular weight excluding hydrogens is 459 g/mol. The second kappa shape index (κ2) is 11.3. The SMILES string of the molecule is Cc1ccccc1CSCCNC(=O)c1ccc(N(Cc2ccc(F)cc2)S(C)(=O)=O)cc1. The second-order valence-corrected chi connectivity index (χ2v) is 10.7. The van der Waals surface area contributed by atoms with Crippen LogP contribution in [0.2, 0.25) is 0 Å². The summed E-state index contributed by atoms with van der Waals surface area (Å²) in [5, 5.41) is 2.90. The summed E-state index contributed by atoms with van der Waals surface area (Å²) in [6, 6.07) is 20.3. The van der Waals surface area contributed by atoms with Crippen LogP contribution in [0.25, 0.3) is 0 Å². The van der Waals surface area contributed by atoms with E-state index in [0.717, 1.165) is 17.8 Å². The Labute approximate surface area is 199 Å². The summed E-state index contributed by atoms with van der Waals surface area (Å²) in [6.07, 6.45) is 1.12. The first kappa shape index (κ1) is 24.8. The number of nitrogens with one attached hydrogen (secondary N) is 1. The number of benzene rings is 3. The minimum absolute atomic E-state index is 0.0722. The molecule has 0 radical (unpaired) electrons. The van der Waals surface area contributed by atoms with E-state index < -0.39 is 10.0 Å². The fourth-order valence-corrected chi connectivity index (χ4v) is 5.05. The Balaban J connectivity index is 1.55. The van der Waals surface area contributed by atoms with Gasteiger partial charge >= 0.3 is 0 Å². The summed E-state index contributed by atoms with van der Waals surface area (Å²) in [5.74, 6) is 1.10. The Hall–Kier alpha value is -2.84. The molecule has 0 bridgehead atoms. The fraction of sp³-hybridized carbons (Fsp3) is 0.240. The lowest BCUT2D eigenvalue weighted by Crippen LogP contribution is -2.29. The predicted octanol–water partition coefficient (Wildman–Crippen LogP) is 4.76. The number of aryl methyl sites for hydroxylation is 1. The summed E-state index contributed by atoms with van der Waals surface area (Å²) in [7, 11) is -3.57. The molecule has 3 aromatic carbocycles. The van der Waals surface area contributed by atoms with Crippen LogP contribution in [0.1, 0.15) is 27.0 Å². The Morgan fingerprint density at radius 1 is 1.00 bits per heavy atom. The third-order valence-corrected chi connectivity index (χ3v) is 7.26. The maximum atomic E-state index is 13.2. The Morgan fingerprint density at radius 3 is 2.30 bits per heavy atom. The van der Waals surface area contributed by atoms with Gasteiger partial charge in [-0.1, -0.05) is 36.4 Å². The smallest absolute Gasteiger partial charge is 0.251 e. The van der Waals surface area contributed by atoms with Gasteiger partial charge in [-0.15, -0.1) is 0 Å². The molecule has 0 aliphatic heterocycles. The first-order chi connectivity index (χ1) is 15.7. The van der Waals surface area contributed by atoms with Crippen LogP contribution in [-0.2, 0) is 22.3 Å². The van der Waals surface area contributed by atoms with Crippen molar-refractivity contribution in [3.8, 4) is 0 Å². The lowest BCUT2D eigenvalue weighted by molar-refractivity contribution is 0.0956. The second-order valence-electron chi connectivity index (χ2n) is 7.68. The van der Waals surface area contributed by atoms with Crippen LogP contribution in [-0.4, -0.2) is 32.9 Å². The Kier molecular flexibility index (Phi) is 8.52. The van der Waals surface area contributed by atoms with Crippen molar-refractivity contribution >= 4 is 33.4 Å². The van der Waals surface area contributed by atoms with E-state index in [1.54, 1.807) is 48.2 Å². The van der Waals surface area contributed by atoms with Gasteiger partial charge in [-0.3, -0.25) is 9.10 Å². The number of amides is 1. The fourth-order valence-electron chi connectivity index (χ4n) is 3.23. The van der Waals surface area contributed by atoms with Gasteiger partial charge in [0, 0.05) is 23.6 Å². The molecular formula is C25H27FN2O3S2. The first-order valence-electron chi connectivity index (χ1n) is 10.5. The molecule has 5 nitrogen and oxygen atoms in total. The monoisotopic (exact) mass is 486 g/mol. The van der Waals surface area contributed by atoms with Crippen LogP contribution in [0.5, 0.6) is 0 Å². The van der Waals surface area contributed by atoms with E-state index in [1.165, 1.54) is 27.6 Å². The van der Waals surface area contributed by atoms with Crippen LogP contribution in [0, 0.1) is 12.7 Å². The van der Waals surface area contributed by atoms with E-state index in [-0.39, 0.29) is 18.3 Å². The third-order valence-electron chi connectivity index (χ3n) is 5.11. The van der Waals surface area contributed by atoms with Gasteiger partial charge < -0.3 is 5.32 Å². The standard InChI is InChI=1S/C25H27FN2O3S2/c1-19-5-3-4-6-22(19)18-32-16-15-27-25(29)21-9-13-24(14-10-21)28(33(2,30)31)17-20-7-11-23(26)12-8-20/h3-14H,15-18H2,1-2H3,(H,27,29). The molecule has 0 aliphatic carbocycles. The zero-order valence-corrected chi connectivity index (χ0v) is 20.3. The number of carbonyl (C=O) groups excluding carboxylic acids is 1. The average Bonchev–Trinajstić information content (AvgIpc) is 2.79. The van der Waals surface area contributed by atoms with Crippen molar-refractivity contribution in [2.45, 2.75) is 19.2 Å². The topological polar surface area (TPSA) is 66.5 Å². The molecule has 174 valence electrons. The van der Waals surface area contributed by atoms with Crippen molar-refractivity contribution in [1.29, 1.82) is 0 Å². The van der Waals surface area contributed by atoms with Crippen LogP contribution >= 0.6 is 11.8 Å². The number of carbonyl (C=O) groups is 1. The van der Waals surface area contributed by atoms with Crippen molar-refractivity contribution in [3.63, 3.8) is 0 Å². The molecule has 1 N–H and O–H groups in total. The lowest BCUT2D eigenvalue weighted by atomic mass is 10.1. The Bertz CT molecular complexity index is 1180. The summed E-state index contributed by atoms with van der Waals surface area (Å²) < 4.78 is 39.0. The maximum Gasteiger partial charge on any atom is 0.251 e. The minimum atomic E-state index is -3.57. The molecule has 3 aromatic rings. The largest absolute Gasteiger partial charge is 0.351 e. The molecule has 0 unspecified atom stereocenters. The minimum Gasteiger partial charge on any atom is -0.351 e. The summed E-state index contributed by atoms with van der Waals surface area (Å²) >= 11 is 1.76. The van der Waals surface area contributed by atoms with E-state index in [9.17, 15) is 17.6 Å². The quantitative estimate of drug-likeness (QED) is 0.420. The third kappa shape index (κ3) is 7.33.